The van der Waals surface area contributed by atoms with E-state index in [-0.39, 0.29) is 12.6 Å². The Kier molecular flexibility index (Phi) is 4.15. The fourth-order valence-corrected chi connectivity index (χ4v) is 3.18. The molecule has 0 atom stereocenters. The third-order valence-corrected chi connectivity index (χ3v) is 4.42. The summed E-state index contributed by atoms with van der Waals surface area (Å²) in [5, 5.41) is 0. The molecule has 0 aromatic heterocycles. The lowest BCUT2D eigenvalue weighted by atomic mass is 10.2. The zero-order valence-corrected chi connectivity index (χ0v) is 11.9. The van der Waals surface area contributed by atoms with E-state index in [0.29, 0.717) is 5.69 Å². The van der Waals surface area contributed by atoms with Gasteiger partial charge in [0.25, 0.3) is 0 Å². The predicted octanol–water partition coefficient (Wildman–Crippen LogP) is 0.834. The number of hydrogen-bond donors (Lipinski definition) is 2. The normalized spacial score (nSPS) is 15.1. The summed E-state index contributed by atoms with van der Waals surface area (Å²) in [5.41, 5.74) is 7.02. The Morgan fingerprint density at radius 3 is 2.75 bits per heavy atom. The number of carbonyl (C=O) groups excluding carboxylic acids is 1. The van der Waals surface area contributed by atoms with Crippen LogP contribution in [0.3, 0.4) is 0 Å². The SMILES string of the molecule is COC(=O)NS(=O)(=O)N(Cc1cccc(N)c1)C1CC1. The van der Waals surface area contributed by atoms with Crippen LogP contribution < -0.4 is 10.5 Å². The van der Waals surface area contributed by atoms with E-state index in [9.17, 15) is 13.2 Å². The van der Waals surface area contributed by atoms with Crippen molar-refractivity contribution >= 4 is 22.0 Å². The molecule has 1 aromatic carbocycles. The molecule has 0 heterocycles. The maximum absolute atomic E-state index is 12.2. The van der Waals surface area contributed by atoms with Gasteiger partial charge in [0.05, 0.1) is 7.11 Å². The first-order valence-corrected chi connectivity index (χ1v) is 7.58. The van der Waals surface area contributed by atoms with Crippen LogP contribution in [-0.2, 0) is 21.5 Å². The summed E-state index contributed by atoms with van der Waals surface area (Å²) in [7, 11) is -2.80. The summed E-state index contributed by atoms with van der Waals surface area (Å²) < 4.78 is 31.8. The Hall–Kier alpha value is -1.80. The highest BCUT2D eigenvalue weighted by molar-refractivity contribution is 7.87. The number of ether oxygens (including phenoxy) is 1. The van der Waals surface area contributed by atoms with E-state index in [4.69, 9.17) is 5.73 Å². The fraction of sp³-hybridized carbons (Fsp3) is 0.417. The van der Waals surface area contributed by atoms with Crippen molar-refractivity contribution in [3.8, 4) is 0 Å². The van der Waals surface area contributed by atoms with Gasteiger partial charge in [-0.2, -0.15) is 12.7 Å². The molecule has 0 unspecified atom stereocenters. The largest absolute Gasteiger partial charge is 0.452 e. The van der Waals surface area contributed by atoms with E-state index in [1.54, 1.807) is 24.3 Å². The maximum atomic E-state index is 12.2. The quantitative estimate of drug-likeness (QED) is 0.784. The number of nitrogen functional groups attached to an aromatic ring is 1. The van der Waals surface area contributed by atoms with Crippen molar-refractivity contribution in [1.82, 2.24) is 9.03 Å². The molecule has 110 valence electrons. The smallest absolute Gasteiger partial charge is 0.421 e. The Bertz CT molecular complexity index is 598. The minimum Gasteiger partial charge on any atom is -0.452 e. The molecule has 2 rings (SSSR count). The summed E-state index contributed by atoms with van der Waals surface area (Å²) in [5.74, 6) is 0. The number of carbonyl (C=O) groups is 1. The zero-order valence-electron chi connectivity index (χ0n) is 11.1. The van der Waals surface area contributed by atoms with Crippen LogP contribution in [0.25, 0.3) is 0 Å². The summed E-state index contributed by atoms with van der Waals surface area (Å²) >= 11 is 0. The third-order valence-electron chi connectivity index (χ3n) is 2.95. The van der Waals surface area contributed by atoms with Gasteiger partial charge in [0, 0.05) is 18.3 Å². The molecule has 0 saturated heterocycles. The van der Waals surface area contributed by atoms with Gasteiger partial charge in [-0.3, -0.25) is 0 Å². The average Bonchev–Trinajstić information content (AvgIpc) is 3.19. The van der Waals surface area contributed by atoms with Crippen LogP contribution in [0.4, 0.5) is 10.5 Å². The number of benzene rings is 1. The van der Waals surface area contributed by atoms with Gasteiger partial charge in [-0.1, -0.05) is 12.1 Å². The van der Waals surface area contributed by atoms with Gasteiger partial charge in [-0.05, 0) is 30.5 Å². The van der Waals surface area contributed by atoms with Crippen molar-refractivity contribution in [1.29, 1.82) is 0 Å². The minimum absolute atomic E-state index is 0.0846. The molecular formula is C12H17N3O4S. The lowest BCUT2D eigenvalue weighted by Crippen LogP contribution is -2.44. The van der Waals surface area contributed by atoms with Gasteiger partial charge in [-0.15, -0.1) is 0 Å². The van der Waals surface area contributed by atoms with Gasteiger partial charge >= 0.3 is 16.3 Å². The highest BCUT2D eigenvalue weighted by Crippen LogP contribution is 2.30. The Morgan fingerprint density at radius 1 is 1.50 bits per heavy atom. The van der Waals surface area contributed by atoms with Crippen molar-refractivity contribution < 1.29 is 17.9 Å². The summed E-state index contributed by atoms with van der Waals surface area (Å²) in [4.78, 5) is 11.1. The number of hydrogen-bond acceptors (Lipinski definition) is 5. The van der Waals surface area contributed by atoms with E-state index in [1.165, 1.54) is 4.31 Å². The lowest BCUT2D eigenvalue weighted by molar-refractivity contribution is 0.176. The fourth-order valence-electron chi connectivity index (χ4n) is 1.85. The number of amides is 1. The number of rotatable bonds is 5. The third kappa shape index (κ3) is 3.61. The molecule has 0 spiro atoms. The van der Waals surface area contributed by atoms with Gasteiger partial charge in [0.1, 0.15) is 0 Å². The molecule has 0 aliphatic heterocycles. The van der Waals surface area contributed by atoms with E-state index in [0.717, 1.165) is 25.5 Å². The molecule has 7 nitrogen and oxygen atoms in total. The van der Waals surface area contributed by atoms with Crippen LogP contribution in [0.15, 0.2) is 24.3 Å². The van der Waals surface area contributed by atoms with Crippen LogP contribution in [0.5, 0.6) is 0 Å². The van der Waals surface area contributed by atoms with Crippen molar-refractivity contribution in [3.05, 3.63) is 29.8 Å². The van der Waals surface area contributed by atoms with Crippen molar-refractivity contribution in [3.63, 3.8) is 0 Å². The Labute approximate surface area is 117 Å². The molecule has 20 heavy (non-hydrogen) atoms. The summed E-state index contributed by atoms with van der Waals surface area (Å²) in [6, 6.07) is 6.91. The number of nitrogens with one attached hydrogen (secondary N) is 1. The second kappa shape index (κ2) is 5.68. The second-order valence-corrected chi connectivity index (χ2v) is 6.24. The van der Waals surface area contributed by atoms with E-state index in [2.05, 4.69) is 4.74 Å². The minimum atomic E-state index is -3.91. The molecule has 0 bridgehead atoms. The molecule has 1 aliphatic carbocycles. The second-order valence-electron chi connectivity index (χ2n) is 4.62. The monoisotopic (exact) mass is 299 g/mol. The van der Waals surface area contributed by atoms with Crippen LogP contribution >= 0.6 is 0 Å². The number of nitrogens with zero attached hydrogens (tertiary/aromatic N) is 1. The number of methoxy groups -OCH3 is 1. The first kappa shape index (κ1) is 14.6. The van der Waals surface area contributed by atoms with Crippen molar-refractivity contribution in [2.75, 3.05) is 12.8 Å². The maximum Gasteiger partial charge on any atom is 0.421 e. The van der Waals surface area contributed by atoms with Gasteiger partial charge in [-0.25, -0.2) is 9.52 Å². The molecular weight excluding hydrogens is 282 g/mol. The average molecular weight is 299 g/mol. The van der Waals surface area contributed by atoms with Gasteiger partial charge < -0.3 is 10.5 Å². The van der Waals surface area contributed by atoms with Crippen LogP contribution in [0, 0.1) is 0 Å². The zero-order chi connectivity index (χ0) is 14.8. The topological polar surface area (TPSA) is 102 Å². The standard InChI is InChI=1S/C12H17N3O4S/c1-19-12(16)14-20(17,18)15(11-5-6-11)8-9-3-2-4-10(13)7-9/h2-4,7,11H,5-6,8,13H2,1H3,(H,14,16). The Balaban J connectivity index is 2.17. The molecule has 0 radical (unpaired) electrons. The molecule has 3 N–H and O–H groups in total. The highest BCUT2D eigenvalue weighted by atomic mass is 32.2. The van der Waals surface area contributed by atoms with E-state index < -0.39 is 16.3 Å². The molecule has 1 aromatic rings. The first-order chi connectivity index (χ1) is 9.42. The van der Waals surface area contributed by atoms with Crippen molar-refractivity contribution in [2.24, 2.45) is 0 Å². The van der Waals surface area contributed by atoms with Crippen LogP contribution in [0.2, 0.25) is 0 Å². The summed E-state index contributed by atoms with van der Waals surface area (Å²) in [6.45, 7) is 0.169. The van der Waals surface area contributed by atoms with Gasteiger partial charge in [0.2, 0.25) is 0 Å². The summed E-state index contributed by atoms with van der Waals surface area (Å²) in [6.07, 6.45) is 0.567. The molecule has 1 saturated carbocycles. The number of nitrogens with two attached hydrogens (primary N) is 1. The van der Waals surface area contributed by atoms with E-state index in [1.807, 2.05) is 4.72 Å². The van der Waals surface area contributed by atoms with Crippen molar-refractivity contribution in [2.45, 2.75) is 25.4 Å². The molecule has 1 aliphatic rings. The molecule has 1 amide bonds. The van der Waals surface area contributed by atoms with E-state index >= 15 is 0 Å². The number of anilines is 1. The Morgan fingerprint density at radius 2 is 2.20 bits per heavy atom. The highest BCUT2D eigenvalue weighted by Gasteiger charge is 2.38. The van der Waals surface area contributed by atoms with Crippen LogP contribution in [0.1, 0.15) is 18.4 Å². The molecule has 8 heteroatoms. The van der Waals surface area contributed by atoms with Gasteiger partial charge in [0.15, 0.2) is 0 Å². The van der Waals surface area contributed by atoms with Crippen LogP contribution in [-0.4, -0.2) is 32.0 Å². The molecule has 1 fully saturated rings. The predicted molar refractivity (Wildman–Crippen MR) is 73.9 cm³/mol. The first-order valence-electron chi connectivity index (χ1n) is 6.14. The lowest BCUT2D eigenvalue weighted by Gasteiger charge is -2.21.